The van der Waals surface area contributed by atoms with E-state index in [1.165, 1.54) is 11.3 Å². The highest BCUT2D eigenvalue weighted by Crippen LogP contribution is 2.16. The zero-order valence-corrected chi connectivity index (χ0v) is 11.1. The lowest BCUT2D eigenvalue weighted by Gasteiger charge is -2.14. The minimum atomic E-state index is -0.887. The quantitative estimate of drug-likeness (QED) is 0.697. The van der Waals surface area contributed by atoms with Gasteiger partial charge in [0.05, 0.1) is 5.92 Å². The zero-order chi connectivity index (χ0) is 13.5. The van der Waals surface area contributed by atoms with Crippen LogP contribution in [0.5, 0.6) is 0 Å². The molecule has 0 radical (unpaired) electrons. The van der Waals surface area contributed by atoms with Crippen LogP contribution in [0.15, 0.2) is 17.5 Å². The summed E-state index contributed by atoms with van der Waals surface area (Å²) in [6, 6.07) is 2.89. The van der Waals surface area contributed by atoms with Crippen molar-refractivity contribution in [2.75, 3.05) is 6.54 Å². The third-order valence-corrected chi connectivity index (χ3v) is 3.60. The van der Waals surface area contributed by atoms with Crippen LogP contribution in [-0.2, 0) is 9.59 Å². The van der Waals surface area contributed by atoms with Gasteiger partial charge in [-0.1, -0.05) is 19.4 Å². The molecule has 0 spiro atoms. The fourth-order valence-electron chi connectivity index (χ4n) is 1.59. The summed E-state index contributed by atoms with van der Waals surface area (Å²) in [5.41, 5.74) is 5.77. The first-order valence-corrected chi connectivity index (χ1v) is 6.73. The summed E-state index contributed by atoms with van der Waals surface area (Å²) in [7, 11) is 0. The van der Waals surface area contributed by atoms with E-state index in [-0.39, 0.29) is 12.5 Å². The van der Waals surface area contributed by atoms with Crippen molar-refractivity contribution in [3.8, 4) is 0 Å². The number of rotatable bonds is 7. The van der Waals surface area contributed by atoms with Crippen molar-refractivity contribution in [3.05, 3.63) is 22.4 Å². The second kappa shape index (κ2) is 7.13. The molecule has 1 rings (SSSR count). The van der Waals surface area contributed by atoms with Gasteiger partial charge >= 0.3 is 5.97 Å². The van der Waals surface area contributed by atoms with E-state index in [2.05, 4.69) is 5.32 Å². The molecule has 1 amide bonds. The largest absolute Gasteiger partial charge is 0.481 e. The Bertz CT molecular complexity index is 392. The van der Waals surface area contributed by atoms with Crippen LogP contribution in [0, 0.1) is 5.92 Å². The number of hydrogen-bond donors (Lipinski definition) is 3. The van der Waals surface area contributed by atoms with Crippen molar-refractivity contribution in [1.29, 1.82) is 0 Å². The van der Waals surface area contributed by atoms with Gasteiger partial charge in [0, 0.05) is 11.4 Å². The van der Waals surface area contributed by atoms with Gasteiger partial charge in [-0.2, -0.15) is 0 Å². The van der Waals surface area contributed by atoms with E-state index in [1.807, 2.05) is 18.4 Å². The number of nitrogens with two attached hydrogens (primary N) is 1. The van der Waals surface area contributed by atoms with Crippen LogP contribution >= 0.6 is 11.3 Å². The second-order valence-corrected chi connectivity index (χ2v) is 5.04. The molecular weight excluding hydrogens is 252 g/mol. The Hall–Kier alpha value is -1.40. The van der Waals surface area contributed by atoms with E-state index in [0.717, 1.165) is 11.3 Å². The lowest BCUT2D eigenvalue weighted by Crippen LogP contribution is -2.38. The molecule has 0 aliphatic carbocycles. The Labute approximate surface area is 110 Å². The zero-order valence-electron chi connectivity index (χ0n) is 10.3. The standard InChI is InChI=1S/C12H18N2O3S/c1-2-4-8(12(16)17)7-14-11(15)10(13)9-5-3-6-18-9/h3,5-6,8,10H,2,4,7,13H2,1H3,(H,14,15)(H,16,17). The molecule has 2 atom stereocenters. The minimum absolute atomic E-state index is 0.126. The van der Waals surface area contributed by atoms with E-state index in [0.29, 0.717) is 6.42 Å². The topological polar surface area (TPSA) is 92.4 Å². The van der Waals surface area contributed by atoms with Crippen molar-refractivity contribution < 1.29 is 14.7 Å². The SMILES string of the molecule is CCCC(CNC(=O)C(N)c1cccs1)C(=O)O. The Morgan fingerprint density at radius 1 is 1.56 bits per heavy atom. The van der Waals surface area contributed by atoms with Crippen molar-refractivity contribution in [2.45, 2.75) is 25.8 Å². The first-order chi connectivity index (χ1) is 8.56. The number of carboxylic acids is 1. The summed E-state index contributed by atoms with van der Waals surface area (Å²) in [6.07, 6.45) is 1.31. The van der Waals surface area contributed by atoms with Crippen LogP contribution < -0.4 is 11.1 Å². The predicted octanol–water partition coefficient (Wildman–Crippen LogP) is 1.36. The van der Waals surface area contributed by atoms with E-state index in [9.17, 15) is 9.59 Å². The molecule has 100 valence electrons. The summed E-state index contributed by atoms with van der Waals surface area (Å²) < 4.78 is 0. The van der Waals surface area contributed by atoms with Crippen molar-refractivity contribution in [3.63, 3.8) is 0 Å². The Kier molecular flexibility index (Phi) is 5.80. The fraction of sp³-hybridized carbons (Fsp3) is 0.500. The highest BCUT2D eigenvalue weighted by molar-refractivity contribution is 7.10. The second-order valence-electron chi connectivity index (χ2n) is 4.06. The van der Waals surface area contributed by atoms with Gasteiger partial charge in [0.25, 0.3) is 0 Å². The molecular formula is C12H18N2O3S. The number of carbonyl (C=O) groups is 2. The van der Waals surface area contributed by atoms with Gasteiger partial charge < -0.3 is 16.2 Å². The highest BCUT2D eigenvalue weighted by Gasteiger charge is 2.21. The average molecular weight is 270 g/mol. The van der Waals surface area contributed by atoms with Gasteiger partial charge in [0.2, 0.25) is 5.91 Å². The molecule has 0 bridgehead atoms. The number of carboxylic acid groups (broad SMARTS) is 1. The third-order valence-electron chi connectivity index (χ3n) is 2.64. The molecule has 1 aromatic rings. The van der Waals surface area contributed by atoms with Crippen molar-refractivity contribution in [1.82, 2.24) is 5.32 Å². The highest BCUT2D eigenvalue weighted by atomic mass is 32.1. The number of carbonyl (C=O) groups excluding carboxylic acids is 1. The first-order valence-electron chi connectivity index (χ1n) is 5.85. The van der Waals surface area contributed by atoms with Crippen LogP contribution in [0.2, 0.25) is 0 Å². The van der Waals surface area contributed by atoms with Gasteiger partial charge in [-0.05, 0) is 17.9 Å². The summed E-state index contributed by atoms with van der Waals surface area (Å²) in [4.78, 5) is 23.4. The molecule has 6 heteroatoms. The number of amides is 1. The summed E-state index contributed by atoms with van der Waals surface area (Å²) >= 11 is 1.41. The van der Waals surface area contributed by atoms with Gasteiger partial charge in [-0.25, -0.2) is 0 Å². The van der Waals surface area contributed by atoms with Gasteiger partial charge in [0.15, 0.2) is 0 Å². The first kappa shape index (κ1) is 14.7. The molecule has 18 heavy (non-hydrogen) atoms. The lowest BCUT2D eigenvalue weighted by atomic mass is 10.0. The maximum atomic E-state index is 11.8. The molecule has 5 nitrogen and oxygen atoms in total. The monoisotopic (exact) mass is 270 g/mol. The lowest BCUT2D eigenvalue weighted by molar-refractivity contribution is -0.142. The van der Waals surface area contributed by atoms with Gasteiger partial charge in [-0.3, -0.25) is 9.59 Å². The number of thiophene rings is 1. The van der Waals surface area contributed by atoms with E-state index in [1.54, 1.807) is 6.07 Å². The maximum absolute atomic E-state index is 11.8. The number of hydrogen-bond acceptors (Lipinski definition) is 4. The molecule has 4 N–H and O–H groups in total. The van der Waals surface area contributed by atoms with Crippen LogP contribution in [-0.4, -0.2) is 23.5 Å². The normalized spacial score (nSPS) is 13.9. The van der Waals surface area contributed by atoms with E-state index >= 15 is 0 Å². The third kappa shape index (κ3) is 4.12. The van der Waals surface area contributed by atoms with E-state index < -0.39 is 17.9 Å². The predicted molar refractivity (Wildman–Crippen MR) is 70.3 cm³/mol. The maximum Gasteiger partial charge on any atom is 0.308 e. The van der Waals surface area contributed by atoms with Crippen LogP contribution in [0.4, 0.5) is 0 Å². The molecule has 0 aromatic carbocycles. The molecule has 2 unspecified atom stereocenters. The molecule has 0 aliphatic heterocycles. The van der Waals surface area contributed by atoms with Crippen molar-refractivity contribution >= 4 is 23.2 Å². The molecule has 0 aliphatic rings. The van der Waals surface area contributed by atoms with Crippen LogP contribution in [0.3, 0.4) is 0 Å². The molecule has 0 saturated carbocycles. The summed E-state index contributed by atoms with van der Waals surface area (Å²) in [6.45, 7) is 2.04. The average Bonchev–Trinajstić information content (AvgIpc) is 2.86. The Morgan fingerprint density at radius 3 is 2.78 bits per heavy atom. The summed E-state index contributed by atoms with van der Waals surface area (Å²) in [5, 5.41) is 13.4. The number of aliphatic carboxylic acids is 1. The Balaban J connectivity index is 2.47. The molecule has 0 fully saturated rings. The van der Waals surface area contributed by atoms with Crippen molar-refractivity contribution in [2.24, 2.45) is 11.7 Å². The van der Waals surface area contributed by atoms with Crippen LogP contribution in [0.1, 0.15) is 30.7 Å². The smallest absolute Gasteiger partial charge is 0.308 e. The minimum Gasteiger partial charge on any atom is -0.481 e. The molecule has 0 saturated heterocycles. The fourth-order valence-corrected chi connectivity index (χ4v) is 2.32. The molecule has 1 heterocycles. The van der Waals surface area contributed by atoms with Gasteiger partial charge in [0.1, 0.15) is 6.04 Å². The van der Waals surface area contributed by atoms with Crippen LogP contribution in [0.25, 0.3) is 0 Å². The summed E-state index contributed by atoms with van der Waals surface area (Å²) in [5.74, 6) is -1.77. The van der Waals surface area contributed by atoms with E-state index in [4.69, 9.17) is 10.8 Å². The molecule has 1 aromatic heterocycles. The number of nitrogens with one attached hydrogen (secondary N) is 1. The Morgan fingerprint density at radius 2 is 2.28 bits per heavy atom. The van der Waals surface area contributed by atoms with Gasteiger partial charge in [-0.15, -0.1) is 11.3 Å².